The molecule has 0 bridgehead atoms. The highest BCUT2D eigenvalue weighted by atomic mass is 16.3. The van der Waals surface area contributed by atoms with Gasteiger partial charge in [-0.25, -0.2) is 0 Å². The summed E-state index contributed by atoms with van der Waals surface area (Å²) in [6.45, 7) is 4.39. The molecule has 0 atom stereocenters. The fourth-order valence-electron chi connectivity index (χ4n) is 1.97. The average Bonchev–Trinajstić information content (AvgIpc) is 2.23. The summed E-state index contributed by atoms with van der Waals surface area (Å²) in [5, 5.41) is 9.82. The summed E-state index contributed by atoms with van der Waals surface area (Å²) in [6, 6.07) is 5.90. The van der Waals surface area contributed by atoms with Gasteiger partial charge in [0.25, 0.3) is 0 Å². The van der Waals surface area contributed by atoms with Gasteiger partial charge >= 0.3 is 0 Å². The Morgan fingerprint density at radius 1 is 1.00 bits per heavy atom. The number of rotatable bonds is 6. The molecule has 1 N–H and O–H groups in total. The summed E-state index contributed by atoms with van der Waals surface area (Å²) in [5.74, 6) is 0.483. The van der Waals surface area contributed by atoms with Crippen LogP contribution in [0.3, 0.4) is 0 Å². The zero-order valence-electron chi connectivity index (χ0n) is 9.92. The van der Waals surface area contributed by atoms with Crippen molar-refractivity contribution in [2.75, 3.05) is 0 Å². The Morgan fingerprint density at radius 3 is 2.47 bits per heavy atom. The van der Waals surface area contributed by atoms with E-state index in [2.05, 4.69) is 19.9 Å². The van der Waals surface area contributed by atoms with E-state index < -0.39 is 0 Å². The Balaban J connectivity index is 2.72. The smallest absolute Gasteiger partial charge is 0.119 e. The Hall–Kier alpha value is -0.980. The van der Waals surface area contributed by atoms with Crippen LogP contribution in [0.25, 0.3) is 0 Å². The minimum atomic E-state index is 0.483. The van der Waals surface area contributed by atoms with Gasteiger partial charge in [-0.3, -0.25) is 0 Å². The first-order valence-electron chi connectivity index (χ1n) is 6.09. The van der Waals surface area contributed by atoms with Gasteiger partial charge in [-0.2, -0.15) is 0 Å². The van der Waals surface area contributed by atoms with Gasteiger partial charge in [-0.15, -0.1) is 0 Å². The van der Waals surface area contributed by atoms with Crippen molar-refractivity contribution in [3.63, 3.8) is 0 Å². The molecule has 0 spiro atoms. The molecule has 0 saturated heterocycles. The molecule has 0 radical (unpaired) electrons. The van der Waals surface area contributed by atoms with Gasteiger partial charge in [0.1, 0.15) is 5.75 Å². The van der Waals surface area contributed by atoms with Crippen molar-refractivity contribution in [3.05, 3.63) is 29.3 Å². The quantitative estimate of drug-likeness (QED) is 0.695. The maximum Gasteiger partial charge on any atom is 0.119 e. The molecular weight excluding hydrogens is 184 g/mol. The topological polar surface area (TPSA) is 20.2 Å². The van der Waals surface area contributed by atoms with E-state index in [9.17, 15) is 5.11 Å². The van der Waals surface area contributed by atoms with E-state index in [4.69, 9.17) is 0 Å². The van der Waals surface area contributed by atoms with E-state index in [1.807, 2.05) is 6.07 Å². The van der Waals surface area contributed by atoms with Crippen molar-refractivity contribution in [1.82, 2.24) is 0 Å². The Morgan fingerprint density at radius 2 is 1.80 bits per heavy atom. The fraction of sp³-hybridized carbons (Fsp3) is 0.571. The molecule has 0 aliphatic heterocycles. The van der Waals surface area contributed by atoms with Crippen LogP contribution in [0.15, 0.2) is 18.2 Å². The molecule has 0 aliphatic carbocycles. The maximum absolute atomic E-state index is 9.82. The summed E-state index contributed by atoms with van der Waals surface area (Å²) in [6.07, 6.45) is 6.91. The second kappa shape index (κ2) is 6.49. The molecule has 0 heterocycles. The van der Waals surface area contributed by atoms with Gasteiger partial charge in [0, 0.05) is 0 Å². The summed E-state index contributed by atoms with van der Waals surface area (Å²) in [4.78, 5) is 0. The van der Waals surface area contributed by atoms with Gasteiger partial charge in [0.15, 0.2) is 0 Å². The molecule has 0 saturated carbocycles. The van der Waals surface area contributed by atoms with Crippen LogP contribution in [-0.2, 0) is 12.8 Å². The van der Waals surface area contributed by atoms with Gasteiger partial charge in [0.05, 0.1) is 0 Å². The number of hydrogen-bond acceptors (Lipinski definition) is 1. The minimum Gasteiger partial charge on any atom is -0.508 e. The first kappa shape index (κ1) is 12.1. The minimum absolute atomic E-state index is 0.483. The standard InChI is InChI=1S/C14H22O/c1-3-5-6-10-13-12(8-4-2)9-7-11-14(13)15/h7,9,11,15H,3-6,8,10H2,1-2H3. The van der Waals surface area contributed by atoms with E-state index >= 15 is 0 Å². The number of benzene rings is 1. The molecule has 1 aromatic carbocycles. The lowest BCUT2D eigenvalue weighted by molar-refractivity contribution is 0.465. The van der Waals surface area contributed by atoms with Crippen LogP contribution in [-0.4, -0.2) is 5.11 Å². The van der Waals surface area contributed by atoms with E-state index in [1.165, 1.54) is 30.4 Å². The van der Waals surface area contributed by atoms with Crippen molar-refractivity contribution >= 4 is 0 Å². The van der Waals surface area contributed by atoms with Crippen molar-refractivity contribution < 1.29 is 5.11 Å². The SMILES string of the molecule is CCCCCc1c(O)cccc1CCC. The third-order valence-corrected chi connectivity index (χ3v) is 2.80. The van der Waals surface area contributed by atoms with E-state index in [1.54, 1.807) is 6.07 Å². The fourth-order valence-corrected chi connectivity index (χ4v) is 1.97. The average molecular weight is 206 g/mol. The molecule has 15 heavy (non-hydrogen) atoms. The number of unbranched alkanes of at least 4 members (excludes halogenated alkanes) is 2. The number of phenolic OH excluding ortho intramolecular Hbond substituents is 1. The van der Waals surface area contributed by atoms with Crippen LogP contribution in [0.4, 0.5) is 0 Å². The predicted molar refractivity (Wildman–Crippen MR) is 65.3 cm³/mol. The third kappa shape index (κ3) is 3.58. The Labute approximate surface area is 93.1 Å². The predicted octanol–water partition coefficient (Wildman–Crippen LogP) is 4.08. The van der Waals surface area contributed by atoms with Crippen LogP contribution in [0.2, 0.25) is 0 Å². The van der Waals surface area contributed by atoms with Crippen LogP contribution in [0, 0.1) is 0 Å². The number of phenols is 1. The first-order chi connectivity index (χ1) is 7.29. The van der Waals surface area contributed by atoms with Crippen LogP contribution in [0.1, 0.15) is 50.7 Å². The van der Waals surface area contributed by atoms with Gasteiger partial charge in [-0.05, 0) is 36.5 Å². The van der Waals surface area contributed by atoms with Crippen molar-refractivity contribution in [3.8, 4) is 5.75 Å². The second-order valence-corrected chi connectivity index (χ2v) is 4.12. The highest BCUT2D eigenvalue weighted by molar-refractivity contribution is 5.39. The summed E-state index contributed by atoms with van der Waals surface area (Å²) >= 11 is 0. The summed E-state index contributed by atoms with van der Waals surface area (Å²) in [5.41, 5.74) is 2.50. The number of hydrogen-bond donors (Lipinski definition) is 1. The molecule has 1 aromatic rings. The maximum atomic E-state index is 9.82. The zero-order valence-corrected chi connectivity index (χ0v) is 9.92. The second-order valence-electron chi connectivity index (χ2n) is 4.12. The van der Waals surface area contributed by atoms with E-state index in [0.717, 1.165) is 19.3 Å². The number of aromatic hydroxyl groups is 1. The Kier molecular flexibility index (Phi) is 5.23. The van der Waals surface area contributed by atoms with Crippen LogP contribution in [0.5, 0.6) is 5.75 Å². The van der Waals surface area contributed by atoms with Gasteiger partial charge < -0.3 is 5.11 Å². The summed E-state index contributed by atoms with van der Waals surface area (Å²) in [7, 11) is 0. The lowest BCUT2D eigenvalue weighted by Crippen LogP contribution is -1.95. The third-order valence-electron chi connectivity index (χ3n) is 2.80. The largest absolute Gasteiger partial charge is 0.508 e. The van der Waals surface area contributed by atoms with E-state index in [0.29, 0.717) is 5.75 Å². The highest BCUT2D eigenvalue weighted by Gasteiger charge is 2.06. The van der Waals surface area contributed by atoms with Gasteiger partial charge in [0.2, 0.25) is 0 Å². The van der Waals surface area contributed by atoms with E-state index in [-0.39, 0.29) is 0 Å². The molecule has 84 valence electrons. The molecule has 1 nitrogen and oxygen atoms in total. The highest BCUT2D eigenvalue weighted by Crippen LogP contribution is 2.24. The summed E-state index contributed by atoms with van der Waals surface area (Å²) < 4.78 is 0. The lowest BCUT2D eigenvalue weighted by Gasteiger charge is -2.10. The van der Waals surface area contributed by atoms with Crippen molar-refractivity contribution in [1.29, 1.82) is 0 Å². The van der Waals surface area contributed by atoms with Crippen LogP contribution < -0.4 is 0 Å². The zero-order chi connectivity index (χ0) is 11.1. The monoisotopic (exact) mass is 206 g/mol. The molecule has 0 fully saturated rings. The molecule has 0 amide bonds. The van der Waals surface area contributed by atoms with Gasteiger partial charge in [-0.1, -0.05) is 45.2 Å². The lowest BCUT2D eigenvalue weighted by atomic mass is 9.97. The Bertz CT molecular complexity index is 291. The molecule has 0 aliphatic rings. The molecule has 0 aromatic heterocycles. The molecular formula is C14H22O. The normalized spacial score (nSPS) is 10.5. The molecule has 1 rings (SSSR count). The molecule has 1 heteroatoms. The van der Waals surface area contributed by atoms with Crippen LogP contribution >= 0.6 is 0 Å². The molecule has 0 unspecified atom stereocenters. The van der Waals surface area contributed by atoms with Crippen molar-refractivity contribution in [2.45, 2.75) is 52.4 Å². The number of aryl methyl sites for hydroxylation is 1. The first-order valence-corrected chi connectivity index (χ1v) is 6.09. The van der Waals surface area contributed by atoms with Crippen molar-refractivity contribution in [2.24, 2.45) is 0 Å².